The van der Waals surface area contributed by atoms with Gasteiger partial charge in [0.2, 0.25) is 5.91 Å². The maximum atomic E-state index is 11.8. The zero-order chi connectivity index (χ0) is 13.6. The van der Waals surface area contributed by atoms with E-state index >= 15 is 0 Å². The Bertz CT molecular complexity index is 302. The molecule has 1 amide bonds. The van der Waals surface area contributed by atoms with Crippen molar-refractivity contribution in [3.8, 4) is 0 Å². The predicted octanol–water partition coefficient (Wildman–Crippen LogP) is 2.48. The summed E-state index contributed by atoms with van der Waals surface area (Å²) in [7, 11) is 0. The molecule has 1 unspecified atom stereocenters. The van der Waals surface area contributed by atoms with Crippen molar-refractivity contribution in [3.05, 3.63) is 11.6 Å². The summed E-state index contributed by atoms with van der Waals surface area (Å²) >= 11 is 0. The van der Waals surface area contributed by atoms with Gasteiger partial charge < -0.3 is 10.6 Å². The molecule has 1 atom stereocenters. The van der Waals surface area contributed by atoms with Crippen molar-refractivity contribution in [3.63, 3.8) is 0 Å². The van der Waals surface area contributed by atoms with Gasteiger partial charge in [0.25, 0.3) is 0 Å². The van der Waals surface area contributed by atoms with E-state index in [9.17, 15) is 4.79 Å². The Kier molecular flexibility index (Phi) is 5.86. The number of carbonyl (C=O) groups is 1. The maximum Gasteiger partial charge on any atom is 0.220 e. The number of carbonyl (C=O) groups excluding carboxylic acids is 1. The molecule has 0 radical (unpaired) electrons. The van der Waals surface area contributed by atoms with Crippen LogP contribution in [0.15, 0.2) is 11.6 Å². The zero-order valence-electron chi connectivity index (χ0n) is 12.3. The van der Waals surface area contributed by atoms with Gasteiger partial charge in [0.15, 0.2) is 0 Å². The Labute approximate surface area is 111 Å². The second-order valence-corrected chi connectivity index (χ2v) is 6.39. The van der Waals surface area contributed by atoms with Gasteiger partial charge >= 0.3 is 0 Å². The van der Waals surface area contributed by atoms with Crippen LogP contribution in [0.4, 0.5) is 0 Å². The van der Waals surface area contributed by atoms with Crippen molar-refractivity contribution in [1.29, 1.82) is 0 Å². The van der Waals surface area contributed by atoms with Gasteiger partial charge in [-0.3, -0.25) is 4.79 Å². The minimum absolute atomic E-state index is 0.187. The molecule has 1 aliphatic heterocycles. The van der Waals surface area contributed by atoms with Crippen molar-refractivity contribution in [2.75, 3.05) is 19.6 Å². The molecule has 0 saturated carbocycles. The maximum absolute atomic E-state index is 11.8. The Hall–Kier alpha value is -0.830. The summed E-state index contributed by atoms with van der Waals surface area (Å²) < 4.78 is 0. The van der Waals surface area contributed by atoms with E-state index < -0.39 is 0 Å². The molecule has 3 heteroatoms. The summed E-state index contributed by atoms with van der Waals surface area (Å²) in [5.74, 6) is 0.600. The van der Waals surface area contributed by atoms with Crippen LogP contribution in [0.25, 0.3) is 0 Å². The number of nitrogens with one attached hydrogen (secondary N) is 2. The fourth-order valence-electron chi connectivity index (χ4n) is 1.92. The summed E-state index contributed by atoms with van der Waals surface area (Å²) in [6.07, 6.45) is 4.99. The highest BCUT2D eigenvalue weighted by Crippen LogP contribution is 2.27. The van der Waals surface area contributed by atoms with Crippen LogP contribution >= 0.6 is 0 Å². The Balaban J connectivity index is 2.19. The minimum atomic E-state index is 0.187. The Morgan fingerprint density at radius 1 is 1.50 bits per heavy atom. The van der Waals surface area contributed by atoms with Gasteiger partial charge in [0.05, 0.1) is 0 Å². The molecule has 0 aromatic rings. The standard InChI is InChI=1S/C15H28N2O/c1-12(15(2,3)4)11-14(18)17-10-7-13-5-8-16-9-6-13/h5,12,16H,6-11H2,1-4H3,(H,17,18). The molecule has 2 N–H and O–H groups in total. The molecule has 0 aromatic heterocycles. The number of amides is 1. The van der Waals surface area contributed by atoms with Crippen LogP contribution in [0, 0.1) is 11.3 Å². The first-order chi connectivity index (χ1) is 8.39. The van der Waals surface area contributed by atoms with Crippen LogP contribution in [-0.2, 0) is 4.79 Å². The SMILES string of the molecule is CC(CC(=O)NCCC1=CCNCC1)C(C)(C)C. The summed E-state index contributed by atoms with van der Waals surface area (Å²) in [6.45, 7) is 11.5. The molecule has 0 bridgehead atoms. The summed E-state index contributed by atoms with van der Waals surface area (Å²) in [6, 6.07) is 0. The predicted molar refractivity (Wildman–Crippen MR) is 76.4 cm³/mol. The van der Waals surface area contributed by atoms with E-state index in [0.717, 1.165) is 32.5 Å². The molecule has 0 spiro atoms. The monoisotopic (exact) mass is 252 g/mol. The number of hydrogen-bond acceptors (Lipinski definition) is 2. The average molecular weight is 252 g/mol. The smallest absolute Gasteiger partial charge is 0.220 e. The lowest BCUT2D eigenvalue weighted by Crippen LogP contribution is -2.30. The second-order valence-electron chi connectivity index (χ2n) is 6.39. The van der Waals surface area contributed by atoms with E-state index in [1.54, 1.807) is 0 Å². The van der Waals surface area contributed by atoms with Gasteiger partial charge in [-0.1, -0.05) is 39.3 Å². The molecule has 18 heavy (non-hydrogen) atoms. The third-order valence-electron chi connectivity index (χ3n) is 3.90. The van der Waals surface area contributed by atoms with Crippen molar-refractivity contribution < 1.29 is 4.79 Å². The number of hydrogen-bond donors (Lipinski definition) is 2. The van der Waals surface area contributed by atoms with Crippen LogP contribution in [0.3, 0.4) is 0 Å². The lowest BCUT2D eigenvalue weighted by molar-refractivity contribution is -0.122. The third-order valence-corrected chi connectivity index (χ3v) is 3.90. The summed E-state index contributed by atoms with van der Waals surface area (Å²) in [4.78, 5) is 11.8. The summed E-state index contributed by atoms with van der Waals surface area (Å²) in [5, 5.41) is 6.33. The van der Waals surface area contributed by atoms with E-state index in [0.29, 0.717) is 12.3 Å². The average Bonchev–Trinajstić information content (AvgIpc) is 2.29. The van der Waals surface area contributed by atoms with Gasteiger partial charge in [0, 0.05) is 19.5 Å². The van der Waals surface area contributed by atoms with Gasteiger partial charge in [-0.2, -0.15) is 0 Å². The highest BCUT2D eigenvalue weighted by molar-refractivity contribution is 5.76. The van der Waals surface area contributed by atoms with Crippen molar-refractivity contribution in [2.45, 2.75) is 47.0 Å². The van der Waals surface area contributed by atoms with Gasteiger partial charge in [-0.25, -0.2) is 0 Å². The third kappa shape index (κ3) is 5.67. The van der Waals surface area contributed by atoms with Gasteiger partial charge in [-0.15, -0.1) is 0 Å². The normalized spacial score (nSPS) is 18.1. The highest BCUT2D eigenvalue weighted by atomic mass is 16.1. The Morgan fingerprint density at radius 3 is 2.78 bits per heavy atom. The van der Waals surface area contributed by atoms with Crippen LogP contribution in [0.1, 0.15) is 47.0 Å². The lowest BCUT2D eigenvalue weighted by atomic mass is 9.80. The van der Waals surface area contributed by atoms with E-state index in [-0.39, 0.29) is 11.3 Å². The fraction of sp³-hybridized carbons (Fsp3) is 0.800. The van der Waals surface area contributed by atoms with E-state index in [1.165, 1.54) is 5.57 Å². The summed E-state index contributed by atoms with van der Waals surface area (Å²) in [5.41, 5.74) is 1.67. The van der Waals surface area contributed by atoms with Gasteiger partial charge in [0.1, 0.15) is 0 Å². The van der Waals surface area contributed by atoms with E-state index in [4.69, 9.17) is 0 Å². The van der Waals surface area contributed by atoms with E-state index in [2.05, 4.69) is 44.4 Å². The van der Waals surface area contributed by atoms with Crippen molar-refractivity contribution in [2.24, 2.45) is 11.3 Å². The quantitative estimate of drug-likeness (QED) is 0.738. The zero-order valence-corrected chi connectivity index (χ0v) is 12.3. The molecule has 0 saturated heterocycles. The second kappa shape index (κ2) is 6.93. The fourth-order valence-corrected chi connectivity index (χ4v) is 1.92. The first kappa shape index (κ1) is 15.2. The first-order valence-electron chi connectivity index (χ1n) is 7.05. The topological polar surface area (TPSA) is 41.1 Å². The molecule has 1 aliphatic rings. The van der Waals surface area contributed by atoms with Crippen LogP contribution in [0.5, 0.6) is 0 Å². The molecule has 0 fully saturated rings. The van der Waals surface area contributed by atoms with Crippen LogP contribution in [-0.4, -0.2) is 25.5 Å². The van der Waals surface area contributed by atoms with E-state index in [1.807, 2.05) is 0 Å². The molecular formula is C15H28N2O. The lowest BCUT2D eigenvalue weighted by Gasteiger charge is -2.26. The number of rotatable bonds is 5. The molecule has 0 aliphatic carbocycles. The largest absolute Gasteiger partial charge is 0.356 e. The Morgan fingerprint density at radius 2 is 2.22 bits per heavy atom. The van der Waals surface area contributed by atoms with Crippen LogP contribution < -0.4 is 10.6 Å². The minimum Gasteiger partial charge on any atom is -0.356 e. The molecule has 1 rings (SSSR count). The molecule has 3 nitrogen and oxygen atoms in total. The highest BCUT2D eigenvalue weighted by Gasteiger charge is 2.22. The molecular weight excluding hydrogens is 224 g/mol. The van der Waals surface area contributed by atoms with Gasteiger partial charge in [-0.05, 0) is 30.7 Å². The first-order valence-corrected chi connectivity index (χ1v) is 7.05. The molecule has 1 heterocycles. The van der Waals surface area contributed by atoms with Crippen molar-refractivity contribution in [1.82, 2.24) is 10.6 Å². The molecule has 0 aromatic carbocycles. The van der Waals surface area contributed by atoms with Crippen LogP contribution in [0.2, 0.25) is 0 Å². The molecule has 104 valence electrons. The van der Waals surface area contributed by atoms with Crippen molar-refractivity contribution >= 4 is 5.91 Å².